The zero-order chi connectivity index (χ0) is 19.3. The van der Waals surface area contributed by atoms with Gasteiger partial charge in [0.15, 0.2) is 0 Å². The summed E-state index contributed by atoms with van der Waals surface area (Å²) in [4.78, 5) is 1.27. The van der Waals surface area contributed by atoms with Crippen LogP contribution in [0.5, 0.6) is 0 Å². The fourth-order valence-corrected chi connectivity index (χ4v) is 3.99. The van der Waals surface area contributed by atoms with Crippen molar-refractivity contribution in [3.63, 3.8) is 0 Å². The maximum absolute atomic E-state index is 6.10. The van der Waals surface area contributed by atoms with Crippen molar-refractivity contribution in [2.45, 2.75) is 17.4 Å². The third-order valence-electron chi connectivity index (χ3n) is 4.93. The van der Waals surface area contributed by atoms with Gasteiger partial charge < -0.3 is 5.32 Å². The van der Waals surface area contributed by atoms with Gasteiger partial charge in [0.05, 0.1) is 0 Å². The zero-order valence-corrected chi connectivity index (χ0v) is 17.3. The van der Waals surface area contributed by atoms with Crippen LogP contribution in [0.15, 0.2) is 95.9 Å². The van der Waals surface area contributed by atoms with E-state index in [1.54, 1.807) is 11.8 Å². The van der Waals surface area contributed by atoms with Crippen LogP contribution in [0.4, 0.5) is 0 Å². The van der Waals surface area contributed by atoms with Crippen molar-refractivity contribution in [2.75, 3.05) is 6.26 Å². The van der Waals surface area contributed by atoms with Gasteiger partial charge in [-0.1, -0.05) is 78.4 Å². The number of rotatable bonds is 5. The Morgan fingerprint density at radius 3 is 2.21 bits per heavy atom. The summed E-state index contributed by atoms with van der Waals surface area (Å²) in [5.74, 6) is 0. The normalized spacial score (nSPS) is 16.1. The smallest absolute Gasteiger partial charge is 0.0498 e. The van der Waals surface area contributed by atoms with Crippen molar-refractivity contribution >= 4 is 34.6 Å². The van der Waals surface area contributed by atoms with E-state index < -0.39 is 0 Å². The molecule has 0 radical (unpaired) electrons. The molecule has 140 valence electrons. The van der Waals surface area contributed by atoms with Gasteiger partial charge >= 0.3 is 0 Å². The van der Waals surface area contributed by atoms with E-state index >= 15 is 0 Å². The molecular formula is C25H22ClNS. The summed E-state index contributed by atoms with van der Waals surface area (Å²) in [7, 11) is 0. The third kappa shape index (κ3) is 4.35. The van der Waals surface area contributed by atoms with E-state index in [2.05, 4.69) is 90.5 Å². The highest BCUT2D eigenvalue weighted by Crippen LogP contribution is 2.31. The standard InChI is InChI=1S/C25H22ClNS/c1-28-23-14-9-20(10-15-23)25-24(19-7-11-21(26)12-8-19)16-13-22(27-25)17-18-5-3-2-4-6-18/h2-16,22,27H,17H2,1H3. The molecule has 0 saturated heterocycles. The number of nitrogens with one attached hydrogen (secondary N) is 1. The Morgan fingerprint density at radius 1 is 0.857 bits per heavy atom. The number of dihydropyridines is 1. The van der Waals surface area contributed by atoms with Crippen molar-refractivity contribution in [1.82, 2.24) is 5.32 Å². The molecular weight excluding hydrogens is 382 g/mol. The molecule has 0 spiro atoms. The van der Waals surface area contributed by atoms with Gasteiger partial charge in [-0.2, -0.15) is 0 Å². The van der Waals surface area contributed by atoms with Gasteiger partial charge in [0, 0.05) is 27.2 Å². The second-order valence-electron chi connectivity index (χ2n) is 6.82. The van der Waals surface area contributed by atoms with E-state index in [4.69, 9.17) is 11.6 Å². The molecule has 3 heteroatoms. The second-order valence-corrected chi connectivity index (χ2v) is 8.14. The Bertz CT molecular complexity index is 989. The molecule has 1 atom stereocenters. The summed E-state index contributed by atoms with van der Waals surface area (Å²) in [6.45, 7) is 0. The molecule has 1 nitrogen and oxygen atoms in total. The second kappa shape index (κ2) is 8.72. The average molecular weight is 404 g/mol. The maximum atomic E-state index is 6.10. The molecule has 3 aromatic rings. The van der Waals surface area contributed by atoms with Crippen LogP contribution in [0.25, 0.3) is 11.3 Å². The lowest BCUT2D eigenvalue weighted by Gasteiger charge is -2.26. The summed E-state index contributed by atoms with van der Waals surface area (Å²) >= 11 is 7.86. The number of halogens is 1. The quantitative estimate of drug-likeness (QED) is 0.475. The lowest BCUT2D eigenvalue weighted by atomic mass is 9.93. The number of allylic oxidation sites excluding steroid dienone is 2. The minimum Gasteiger partial charge on any atom is -0.378 e. The minimum absolute atomic E-state index is 0.258. The highest BCUT2D eigenvalue weighted by atomic mass is 35.5. The Hall–Kier alpha value is -2.42. The van der Waals surface area contributed by atoms with Gasteiger partial charge in [-0.25, -0.2) is 0 Å². The molecule has 0 saturated carbocycles. The van der Waals surface area contributed by atoms with Gasteiger partial charge in [-0.05, 0) is 53.6 Å². The van der Waals surface area contributed by atoms with Crippen molar-refractivity contribution in [3.05, 3.63) is 113 Å². The first kappa shape index (κ1) is 18.9. The van der Waals surface area contributed by atoms with E-state index in [9.17, 15) is 0 Å². The SMILES string of the molecule is CSc1ccc(C2=C(c3ccc(Cl)cc3)C=CC(Cc3ccccc3)N2)cc1. The summed E-state index contributed by atoms with van der Waals surface area (Å²) < 4.78 is 0. The number of hydrogen-bond acceptors (Lipinski definition) is 2. The maximum Gasteiger partial charge on any atom is 0.0498 e. The predicted molar refractivity (Wildman–Crippen MR) is 123 cm³/mol. The number of benzene rings is 3. The topological polar surface area (TPSA) is 12.0 Å². The first-order valence-electron chi connectivity index (χ1n) is 9.36. The van der Waals surface area contributed by atoms with Gasteiger partial charge in [0.25, 0.3) is 0 Å². The van der Waals surface area contributed by atoms with Crippen LogP contribution in [0.2, 0.25) is 5.02 Å². The molecule has 1 heterocycles. The van der Waals surface area contributed by atoms with Crippen molar-refractivity contribution < 1.29 is 0 Å². The number of hydrogen-bond donors (Lipinski definition) is 1. The number of thioether (sulfide) groups is 1. The van der Waals surface area contributed by atoms with Crippen molar-refractivity contribution in [3.8, 4) is 0 Å². The van der Waals surface area contributed by atoms with Crippen LogP contribution in [0.1, 0.15) is 16.7 Å². The monoisotopic (exact) mass is 403 g/mol. The van der Waals surface area contributed by atoms with Crippen LogP contribution in [-0.4, -0.2) is 12.3 Å². The predicted octanol–water partition coefficient (Wildman–Crippen LogP) is 6.70. The largest absolute Gasteiger partial charge is 0.378 e. The van der Waals surface area contributed by atoms with Crippen LogP contribution >= 0.6 is 23.4 Å². The lowest BCUT2D eigenvalue weighted by molar-refractivity contribution is 0.704. The van der Waals surface area contributed by atoms with Crippen molar-refractivity contribution in [2.24, 2.45) is 0 Å². The third-order valence-corrected chi connectivity index (χ3v) is 5.92. The average Bonchev–Trinajstić information content (AvgIpc) is 2.75. The van der Waals surface area contributed by atoms with E-state index in [0.29, 0.717) is 0 Å². The van der Waals surface area contributed by atoms with Gasteiger partial charge in [-0.3, -0.25) is 0 Å². The Labute approximate surface area is 176 Å². The van der Waals surface area contributed by atoms with E-state index in [-0.39, 0.29) is 6.04 Å². The molecule has 1 unspecified atom stereocenters. The molecule has 1 aliphatic rings. The highest BCUT2D eigenvalue weighted by Gasteiger charge is 2.18. The molecule has 1 aliphatic heterocycles. The lowest BCUT2D eigenvalue weighted by Crippen LogP contribution is -2.31. The van der Waals surface area contributed by atoms with Gasteiger partial charge in [-0.15, -0.1) is 11.8 Å². The molecule has 28 heavy (non-hydrogen) atoms. The van der Waals surface area contributed by atoms with Gasteiger partial charge in [0.2, 0.25) is 0 Å². The molecule has 4 rings (SSSR count). The fourth-order valence-electron chi connectivity index (χ4n) is 3.46. The highest BCUT2D eigenvalue weighted by molar-refractivity contribution is 7.98. The van der Waals surface area contributed by atoms with E-state index in [0.717, 1.165) is 17.0 Å². The van der Waals surface area contributed by atoms with E-state index in [1.165, 1.54) is 27.3 Å². The zero-order valence-electron chi connectivity index (χ0n) is 15.7. The summed E-state index contributed by atoms with van der Waals surface area (Å²) in [6.07, 6.45) is 7.56. The van der Waals surface area contributed by atoms with Crippen LogP contribution in [-0.2, 0) is 6.42 Å². The molecule has 0 fully saturated rings. The summed E-state index contributed by atoms with van der Waals surface area (Å²) in [5.41, 5.74) is 6.05. The van der Waals surface area contributed by atoms with Crippen LogP contribution in [0.3, 0.4) is 0 Å². The van der Waals surface area contributed by atoms with Crippen LogP contribution < -0.4 is 5.32 Å². The van der Waals surface area contributed by atoms with Crippen molar-refractivity contribution in [1.29, 1.82) is 0 Å². The Balaban J connectivity index is 1.70. The Morgan fingerprint density at radius 2 is 1.54 bits per heavy atom. The molecule has 0 bridgehead atoms. The molecule has 0 aromatic heterocycles. The molecule has 0 aliphatic carbocycles. The van der Waals surface area contributed by atoms with Gasteiger partial charge in [0.1, 0.15) is 0 Å². The first-order valence-corrected chi connectivity index (χ1v) is 11.0. The van der Waals surface area contributed by atoms with E-state index in [1.807, 2.05) is 12.1 Å². The molecule has 1 N–H and O–H groups in total. The first-order chi connectivity index (χ1) is 13.7. The summed E-state index contributed by atoms with van der Waals surface area (Å²) in [5, 5.41) is 4.53. The Kier molecular flexibility index (Phi) is 5.90. The summed E-state index contributed by atoms with van der Waals surface area (Å²) in [6, 6.07) is 27.7. The molecule has 0 amide bonds. The fraction of sp³-hybridized carbons (Fsp3) is 0.120. The molecule has 3 aromatic carbocycles. The minimum atomic E-state index is 0.258. The van der Waals surface area contributed by atoms with Crippen LogP contribution in [0, 0.1) is 0 Å².